The van der Waals surface area contributed by atoms with Gasteiger partial charge in [-0.1, -0.05) is 11.3 Å². The molecule has 1 heterocycles. The van der Waals surface area contributed by atoms with E-state index in [1.54, 1.807) is 7.11 Å². The zero-order chi connectivity index (χ0) is 16.6. The first-order chi connectivity index (χ1) is 10.3. The molecule has 1 aromatic rings. The smallest absolute Gasteiger partial charge is 0.407 e. The lowest BCUT2D eigenvalue weighted by Gasteiger charge is -2.19. The summed E-state index contributed by atoms with van der Waals surface area (Å²) in [5.74, 6) is 0. The molecule has 0 aliphatic carbocycles. The van der Waals surface area contributed by atoms with Crippen LogP contribution < -0.4 is 16.0 Å². The number of amides is 1. The number of hydrogen-bond donors (Lipinski definition) is 3. The van der Waals surface area contributed by atoms with Crippen LogP contribution in [-0.4, -0.2) is 47.2 Å². The van der Waals surface area contributed by atoms with Gasteiger partial charge in [0.25, 0.3) is 0 Å². The molecule has 1 aromatic heterocycles. The van der Waals surface area contributed by atoms with Gasteiger partial charge in [-0.25, -0.2) is 4.79 Å². The second-order valence-electron chi connectivity index (χ2n) is 5.24. The predicted molar refractivity (Wildman–Crippen MR) is 89.1 cm³/mol. The summed E-state index contributed by atoms with van der Waals surface area (Å²) in [6, 6.07) is 0. The number of aromatic nitrogens is 2. The van der Waals surface area contributed by atoms with Gasteiger partial charge >= 0.3 is 6.09 Å². The Labute approximate surface area is 139 Å². The Kier molecular flexibility index (Phi) is 7.42. The van der Waals surface area contributed by atoms with E-state index in [1.807, 2.05) is 20.8 Å². The molecule has 22 heavy (non-hydrogen) atoms. The number of carbonyl (C=O) groups excluding carboxylic acids is 1. The van der Waals surface area contributed by atoms with Crippen LogP contribution in [0, 0.1) is 0 Å². The number of rotatable bonds is 6. The first kappa shape index (κ1) is 18.5. The van der Waals surface area contributed by atoms with Crippen LogP contribution in [0.4, 0.5) is 9.93 Å². The number of thiocarbonyl (C=S) groups is 1. The van der Waals surface area contributed by atoms with Gasteiger partial charge in [0.2, 0.25) is 5.13 Å². The van der Waals surface area contributed by atoms with Gasteiger partial charge in [0, 0.05) is 20.2 Å². The standard InChI is InChI=1S/C12H21N5O3S2/c1-12(2,3)20-11(18)14-6-5-13-9(21)15-10-17-16-8(22-10)7-19-4/h5-7H2,1-4H3,(H,14,18)(H2,13,15,17,21). The van der Waals surface area contributed by atoms with E-state index in [0.717, 1.165) is 5.01 Å². The molecule has 0 aliphatic heterocycles. The van der Waals surface area contributed by atoms with Gasteiger partial charge in [-0.2, -0.15) is 0 Å². The molecule has 0 saturated heterocycles. The molecule has 0 spiro atoms. The van der Waals surface area contributed by atoms with E-state index in [9.17, 15) is 4.79 Å². The highest BCUT2D eigenvalue weighted by atomic mass is 32.1. The maximum absolute atomic E-state index is 11.4. The van der Waals surface area contributed by atoms with Crippen molar-refractivity contribution in [2.75, 3.05) is 25.5 Å². The summed E-state index contributed by atoms with van der Waals surface area (Å²) >= 11 is 6.48. The monoisotopic (exact) mass is 347 g/mol. The third-order valence-electron chi connectivity index (χ3n) is 2.03. The second kappa shape index (κ2) is 8.81. The van der Waals surface area contributed by atoms with Gasteiger partial charge in [0.15, 0.2) is 5.11 Å². The van der Waals surface area contributed by atoms with Gasteiger partial charge in [0.1, 0.15) is 17.2 Å². The molecule has 0 atom stereocenters. The molecule has 0 radical (unpaired) electrons. The van der Waals surface area contributed by atoms with Crippen LogP contribution in [0.25, 0.3) is 0 Å². The predicted octanol–water partition coefficient (Wildman–Crippen LogP) is 1.50. The van der Waals surface area contributed by atoms with Gasteiger partial charge in [-0.15, -0.1) is 10.2 Å². The molecule has 10 heteroatoms. The molecule has 0 bridgehead atoms. The molecule has 0 unspecified atom stereocenters. The van der Waals surface area contributed by atoms with Crippen LogP contribution in [-0.2, 0) is 16.1 Å². The van der Waals surface area contributed by atoms with Crippen LogP contribution in [0.3, 0.4) is 0 Å². The Morgan fingerprint density at radius 3 is 2.59 bits per heavy atom. The average molecular weight is 347 g/mol. The average Bonchev–Trinajstić information content (AvgIpc) is 2.80. The topological polar surface area (TPSA) is 97.4 Å². The summed E-state index contributed by atoms with van der Waals surface area (Å²) in [7, 11) is 1.60. The van der Waals surface area contributed by atoms with Crippen molar-refractivity contribution in [3.8, 4) is 0 Å². The first-order valence-corrected chi connectivity index (χ1v) is 7.85. The molecule has 0 aromatic carbocycles. The molecule has 0 fully saturated rings. The highest BCUT2D eigenvalue weighted by Gasteiger charge is 2.15. The highest BCUT2D eigenvalue weighted by molar-refractivity contribution is 7.80. The van der Waals surface area contributed by atoms with Crippen LogP contribution in [0.15, 0.2) is 0 Å². The lowest BCUT2D eigenvalue weighted by atomic mass is 10.2. The summed E-state index contributed by atoms with van der Waals surface area (Å²) in [6.45, 7) is 6.70. The molecule has 0 saturated carbocycles. The van der Waals surface area contributed by atoms with Crippen molar-refractivity contribution in [3.63, 3.8) is 0 Å². The molecule has 0 aliphatic rings. The van der Waals surface area contributed by atoms with Crippen LogP contribution in [0.5, 0.6) is 0 Å². The number of methoxy groups -OCH3 is 1. The fraction of sp³-hybridized carbons (Fsp3) is 0.667. The van der Waals surface area contributed by atoms with Crippen molar-refractivity contribution in [2.24, 2.45) is 0 Å². The van der Waals surface area contributed by atoms with E-state index >= 15 is 0 Å². The molecule has 1 rings (SSSR count). The number of hydrogen-bond acceptors (Lipinski definition) is 7. The van der Waals surface area contributed by atoms with Crippen LogP contribution in [0.2, 0.25) is 0 Å². The highest BCUT2D eigenvalue weighted by Crippen LogP contribution is 2.15. The molecular weight excluding hydrogens is 326 g/mol. The number of anilines is 1. The number of nitrogens with one attached hydrogen (secondary N) is 3. The fourth-order valence-electron chi connectivity index (χ4n) is 1.28. The van der Waals surface area contributed by atoms with Crippen molar-refractivity contribution < 1.29 is 14.3 Å². The largest absolute Gasteiger partial charge is 0.444 e. The lowest BCUT2D eigenvalue weighted by Crippen LogP contribution is -2.39. The number of ether oxygens (including phenoxy) is 2. The van der Waals surface area contributed by atoms with E-state index in [2.05, 4.69) is 26.1 Å². The van der Waals surface area contributed by atoms with Crippen LogP contribution in [0.1, 0.15) is 25.8 Å². The summed E-state index contributed by atoms with van der Waals surface area (Å²) in [4.78, 5) is 11.4. The molecular formula is C12H21N5O3S2. The Morgan fingerprint density at radius 1 is 1.27 bits per heavy atom. The number of alkyl carbamates (subject to hydrolysis) is 1. The summed E-state index contributed by atoms with van der Waals surface area (Å²) in [5.41, 5.74) is -0.508. The van der Waals surface area contributed by atoms with Crippen molar-refractivity contribution in [2.45, 2.75) is 33.0 Å². The SMILES string of the molecule is COCc1nnc(NC(=S)NCCNC(=O)OC(C)(C)C)s1. The van der Waals surface area contributed by atoms with Gasteiger partial charge in [-0.05, 0) is 33.0 Å². The van der Waals surface area contributed by atoms with Crippen LogP contribution >= 0.6 is 23.6 Å². The van der Waals surface area contributed by atoms with Crippen molar-refractivity contribution in [1.29, 1.82) is 0 Å². The van der Waals surface area contributed by atoms with E-state index in [1.165, 1.54) is 11.3 Å². The maximum atomic E-state index is 11.4. The second-order valence-corrected chi connectivity index (χ2v) is 6.71. The summed E-state index contributed by atoms with van der Waals surface area (Å²) < 4.78 is 10.1. The van der Waals surface area contributed by atoms with Gasteiger partial charge < -0.3 is 25.4 Å². The summed E-state index contributed by atoms with van der Waals surface area (Å²) in [6.07, 6.45) is -0.457. The quantitative estimate of drug-likeness (QED) is 0.526. The van der Waals surface area contributed by atoms with Crippen molar-refractivity contribution in [1.82, 2.24) is 20.8 Å². The zero-order valence-corrected chi connectivity index (χ0v) is 14.7. The summed E-state index contributed by atoms with van der Waals surface area (Å²) in [5, 5.41) is 18.1. The van der Waals surface area contributed by atoms with Crippen molar-refractivity contribution >= 4 is 39.9 Å². The molecule has 8 nitrogen and oxygen atoms in total. The van der Waals surface area contributed by atoms with E-state index in [4.69, 9.17) is 21.7 Å². The Balaban J connectivity index is 2.19. The first-order valence-electron chi connectivity index (χ1n) is 6.63. The number of nitrogens with zero attached hydrogens (tertiary/aromatic N) is 2. The minimum absolute atomic E-state index is 0.391. The Hall–Kier alpha value is -1.52. The number of carbonyl (C=O) groups is 1. The molecule has 3 N–H and O–H groups in total. The van der Waals surface area contributed by atoms with E-state index < -0.39 is 11.7 Å². The Bertz CT molecular complexity index is 501. The third-order valence-corrected chi connectivity index (χ3v) is 3.09. The minimum Gasteiger partial charge on any atom is -0.444 e. The maximum Gasteiger partial charge on any atom is 0.407 e. The normalized spacial score (nSPS) is 10.9. The van der Waals surface area contributed by atoms with Gasteiger partial charge in [-0.3, -0.25) is 0 Å². The Morgan fingerprint density at radius 2 is 1.95 bits per heavy atom. The van der Waals surface area contributed by atoms with E-state index in [0.29, 0.717) is 29.9 Å². The third kappa shape index (κ3) is 8.05. The van der Waals surface area contributed by atoms with E-state index in [-0.39, 0.29) is 0 Å². The van der Waals surface area contributed by atoms with Gasteiger partial charge in [0.05, 0.1) is 0 Å². The fourth-order valence-corrected chi connectivity index (χ4v) is 2.26. The molecule has 124 valence electrons. The minimum atomic E-state index is -0.508. The van der Waals surface area contributed by atoms with Crippen molar-refractivity contribution in [3.05, 3.63) is 5.01 Å². The molecule has 1 amide bonds. The lowest BCUT2D eigenvalue weighted by molar-refractivity contribution is 0.0529. The zero-order valence-electron chi connectivity index (χ0n) is 13.1.